The smallest absolute Gasteiger partial charge is 0.253 e. The third-order valence-corrected chi connectivity index (χ3v) is 6.62. The number of aromatic nitrogens is 2. The van der Waals surface area contributed by atoms with E-state index >= 15 is 0 Å². The van der Waals surface area contributed by atoms with Gasteiger partial charge in [-0.2, -0.15) is 5.10 Å². The van der Waals surface area contributed by atoms with Crippen molar-refractivity contribution in [1.82, 2.24) is 19.0 Å². The number of rotatable bonds is 5. The van der Waals surface area contributed by atoms with Crippen LogP contribution in [0.4, 0.5) is 0 Å². The van der Waals surface area contributed by atoms with Gasteiger partial charge in [0.15, 0.2) is 0 Å². The number of likely N-dealkylation sites (tertiary alicyclic amines) is 1. The Balaban J connectivity index is 1.60. The first-order valence-electron chi connectivity index (χ1n) is 8.67. The molecule has 2 heterocycles. The summed E-state index contributed by atoms with van der Waals surface area (Å²) in [7, 11) is -0.500. The Morgan fingerprint density at radius 1 is 1.19 bits per heavy atom. The molecule has 1 aromatic heterocycles. The van der Waals surface area contributed by atoms with Crippen molar-refractivity contribution in [2.75, 3.05) is 27.2 Å². The molecule has 1 aliphatic heterocycles. The highest BCUT2D eigenvalue weighted by Gasteiger charge is 2.24. The van der Waals surface area contributed by atoms with Gasteiger partial charge in [0.1, 0.15) is 0 Å². The molecule has 7 nitrogen and oxygen atoms in total. The SMILES string of the molecule is CN(C)S(=O)(=O)c1ccc(C(=O)N2CCC(Cn3cccn3)CC2)cc1. The van der Waals surface area contributed by atoms with Crippen LogP contribution >= 0.6 is 0 Å². The van der Waals surface area contributed by atoms with E-state index in [0.717, 1.165) is 23.7 Å². The maximum Gasteiger partial charge on any atom is 0.253 e. The fraction of sp³-hybridized carbons (Fsp3) is 0.444. The molecule has 0 spiro atoms. The van der Waals surface area contributed by atoms with Crippen LogP contribution in [0.2, 0.25) is 0 Å². The maximum absolute atomic E-state index is 12.7. The number of benzene rings is 1. The zero-order valence-corrected chi connectivity index (χ0v) is 15.9. The molecule has 0 saturated carbocycles. The molecule has 0 N–H and O–H groups in total. The second-order valence-corrected chi connectivity index (χ2v) is 8.93. The van der Waals surface area contributed by atoms with Gasteiger partial charge < -0.3 is 4.90 Å². The minimum Gasteiger partial charge on any atom is -0.339 e. The Bertz CT molecular complexity index is 837. The van der Waals surface area contributed by atoms with Crippen LogP contribution in [-0.2, 0) is 16.6 Å². The van der Waals surface area contributed by atoms with Gasteiger partial charge in [-0.3, -0.25) is 9.48 Å². The molecule has 26 heavy (non-hydrogen) atoms. The maximum atomic E-state index is 12.7. The standard InChI is InChI=1S/C18H24N4O3S/c1-20(2)26(24,25)17-6-4-16(5-7-17)18(23)21-12-8-15(9-13-21)14-22-11-3-10-19-22/h3-7,10-11,15H,8-9,12-14H2,1-2H3. The van der Waals surface area contributed by atoms with Crippen LogP contribution in [0, 0.1) is 5.92 Å². The minimum absolute atomic E-state index is 0.0451. The quantitative estimate of drug-likeness (QED) is 0.796. The highest BCUT2D eigenvalue weighted by Crippen LogP contribution is 2.21. The zero-order valence-electron chi connectivity index (χ0n) is 15.1. The van der Waals surface area contributed by atoms with Gasteiger partial charge in [0.05, 0.1) is 4.90 Å². The highest BCUT2D eigenvalue weighted by atomic mass is 32.2. The Morgan fingerprint density at radius 2 is 1.85 bits per heavy atom. The molecule has 0 atom stereocenters. The van der Waals surface area contributed by atoms with Gasteiger partial charge in [-0.1, -0.05) is 0 Å². The van der Waals surface area contributed by atoms with Crippen molar-refractivity contribution in [3.63, 3.8) is 0 Å². The summed E-state index contributed by atoms with van der Waals surface area (Å²) in [5.41, 5.74) is 0.522. The fourth-order valence-electron chi connectivity index (χ4n) is 3.15. The van der Waals surface area contributed by atoms with Crippen molar-refractivity contribution in [3.05, 3.63) is 48.3 Å². The summed E-state index contributed by atoms with van der Waals surface area (Å²) in [6.45, 7) is 2.30. The van der Waals surface area contributed by atoms with Gasteiger partial charge in [-0.05, 0) is 49.1 Å². The average molecular weight is 376 g/mol. The number of carbonyl (C=O) groups excluding carboxylic acids is 1. The van der Waals surface area contributed by atoms with Crippen LogP contribution in [0.1, 0.15) is 23.2 Å². The van der Waals surface area contributed by atoms with Crippen LogP contribution in [0.3, 0.4) is 0 Å². The largest absolute Gasteiger partial charge is 0.339 e. The van der Waals surface area contributed by atoms with Crippen molar-refractivity contribution in [3.8, 4) is 0 Å². The minimum atomic E-state index is -3.48. The molecule has 1 saturated heterocycles. The first kappa shape index (κ1) is 18.6. The average Bonchev–Trinajstić information content (AvgIpc) is 3.15. The molecule has 0 radical (unpaired) electrons. The molecule has 0 bridgehead atoms. The van der Waals surface area contributed by atoms with Gasteiger partial charge in [-0.15, -0.1) is 0 Å². The lowest BCUT2D eigenvalue weighted by molar-refractivity contribution is 0.0681. The predicted octanol–water partition coefficient (Wildman–Crippen LogP) is 1.69. The number of hydrogen-bond donors (Lipinski definition) is 0. The van der Waals surface area contributed by atoms with Crippen LogP contribution in [-0.4, -0.2) is 60.5 Å². The highest BCUT2D eigenvalue weighted by molar-refractivity contribution is 7.89. The van der Waals surface area contributed by atoms with Gasteiger partial charge in [0.25, 0.3) is 5.91 Å². The molecule has 0 aliphatic carbocycles. The van der Waals surface area contributed by atoms with E-state index in [1.807, 2.05) is 21.8 Å². The number of hydrogen-bond acceptors (Lipinski definition) is 4. The van der Waals surface area contributed by atoms with Crippen LogP contribution in [0.25, 0.3) is 0 Å². The first-order chi connectivity index (χ1) is 12.4. The van der Waals surface area contributed by atoms with Gasteiger partial charge in [-0.25, -0.2) is 12.7 Å². The topological polar surface area (TPSA) is 75.5 Å². The zero-order chi connectivity index (χ0) is 18.7. The van der Waals surface area contributed by atoms with E-state index in [-0.39, 0.29) is 10.8 Å². The first-order valence-corrected chi connectivity index (χ1v) is 10.1. The monoisotopic (exact) mass is 376 g/mol. The van der Waals surface area contributed by atoms with E-state index in [2.05, 4.69) is 5.10 Å². The second kappa shape index (κ2) is 7.59. The number of piperidine rings is 1. The molecule has 1 amide bonds. The normalized spacial score (nSPS) is 16.2. The number of nitrogens with zero attached hydrogens (tertiary/aromatic N) is 4. The fourth-order valence-corrected chi connectivity index (χ4v) is 4.06. The van der Waals surface area contributed by atoms with E-state index in [1.165, 1.54) is 26.2 Å². The molecule has 3 rings (SSSR count). The van der Waals surface area contributed by atoms with E-state index in [1.54, 1.807) is 18.3 Å². The van der Waals surface area contributed by atoms with Crippen LogP contribution in [0.15, 0.2) is 47.6 Å². The van der Waals surface area contributed by atoms with E-state index < -0.39 is 10.0 Å². The van der Waals surface area contributed by atoms with Crippen molar-refractivity contribution in [2.24, 2.45) is 5.92 Å². The molecule has 8 heteroatoms. The Morgan fingerprint density at radius 3 is 2.38 bits per heavy atom. The number of sulfonamides is 1. The van der Waals surface area contributed by atoms with Crippen LogP contribution in [0.5, 0.6) is 0 Å². The lowest BCUT2D eigenvalue weighted by atomic mass is 9.96. The Kier molecular flexibility index (Phi) is 5.43. The Hall–Kier alpha value is -2.19. The molecule has 1 aromatic carbocycles. The predicted molar refractivity (Wildman–Crippen MR) is 98.2 cm³/mol. The molecular weight excluding hydrogens is 352 g/mol. The molecule has 2 aromatic rings. The molecule has 1 aliphatic rings. The summed E-state index contributed by atoms with van der Waals surface area (Å²) >= 11 is 0. The summed E-state index contributed by atoms with van der Waals surface area (Å²) in [4.78, 5) is 14.7. The summed E-state index contributed by atoms with van der Waals surface area (Å²) in [5, 5.41) is 4.24. The van der Waals surface area contributed by atoms with Crippen molar-refractivity contribution < 1.29 is 13.2 Å². The molecule has 1 fully saturated rings. The van der Waals surface area contributed by atoms with Gasteiger partial charge in [0.2, 0.25) is 10.0 Å². The lowest BCUT2D eigenvalue weighted by Gasteiger charge is -2.32. The number of amides is 1. The molecule has 140 valence electrons. The van der Waals surface area contributed by atoms with Crippen molar-refractivity contribution >= 4 is 15.9 Å². The summed E-state index contributed by atoms with van der Waals surface area (Å²) in [5.74, 6) is 0.475. The molecular formula is C18H24N4O3S. The number of carbonyl (C=O) groups is 1. The van der Waals surface area contributed by atoms with Crippen LogP contribution < -0.4 is 0 Å². The lowest BCUT2D eigenvalue weighted by Crippen LogP contribution is -2.39. The third kappa shape index (κ3) is 3.96. The molecule has 0 unspecified atom stereocenters. The Labute approximate surface area is 154 Å². The van der Waals surface area contributed by atoms with Gasteiger partial charge >= 0.3 is 0 Å². The summed E-state index contributed by atoms with van der Waals surface area (Å²) < 4.78 is 27.3. The van der Waals surface area contributed by atoms with E-state index in [0.29, 0.717) is 24.6 Å². The summed E-state index contributed by atoms with van der Waals surface area (Å²) in [6.07, 6.45) is 5.62. The third-order valence-electron chi connectivity index (χ3n) is 4.79. The summed E-state index contributed by atoms with van der Waals surface area (Å²) in [6, 6.07) is 8.09. The van der Waals surface area contributed by atoms with E-state index in [9.17, 15) is 13.2 Å². The van der Waals surface area contributed by atoms with Gasteiger partial charge in [0, 0.05) is 51.7 Å². The second-order valence-electron chi connectivity index (χ2n) is 6.78. The van der Waals surface area contributed by atoms with Crippen molar-refractivity contribution in [2.45, 2.75) is 24.3 Å². The van der Waals surface area contributed by atoms with Crippen molar-refractivity contribution in [1.29, 1.82) is 0 Å². The van der Waals surface area contributed by atoms with E-state index in [4.69, 9.17) is 0 Å².